The number of benzene rings is 1. The number of hydrogen-bond acceptors (Lipinski definition) is 8. The first kappa shape index (κ1) is 24.8. The van der Waals surface area contributed by atoms with Crippen molar-refractivity contribution < 1.29 is 14.7 Å². The van der Waals surface area contributed by atoms with Crippen LogP contribution in [0.2, 0.25) is 0 Å². The molecule has 2 aromatic rings. The maximum atomic E-state index is 13.1. The minimum absolute atomic E-state index is 0.181. The van der Waals surface area contributed by atoms with Gasteiger partial charge in [0.25, 0.3) is 11.5 Å². The molecule has 1 amide bonds. The van der Waals surface area contributed by atoms with Gasteiger partial charge in [-0.1, -0.05) is 48.7 Å². The molecule has 1 fully saturated rings. The van der Waals surface area contributed by atoms with Crippen LogP contribution in [0.5, 0.6) is 0 Å². The third-order valence-corrected chi connectivity index (χ3v) is 9.30. The second-order valence-electron chi connectivity index (χ2n) is 7.48. The molecule has 1 aromatic carbocycles. The molecular formula is C23H23N3O4S4. The van der Waals surface area contributed by atoms with Gasteiger partial charge in [0.15, 0.2) is 0 Å². The molecule has 0 unspecified atom stereocenters. The van der Waals surface area contributed by atoms with Crippen LogP contribution in [0.4, 0.5) is 5.69 Å². The largest absolute Gasteiger partial charge is 0.480 e. The lowest BCUT2D eigenvalue weighted by atomic mass is 10.1. The second-order valence-corrected chi connectivity index (χ2v) is 11.2. The van der Waals surface area contributed by atoms with E-state index < -0.39 is 18.4 Å². The summed E-state index contributed by atoms with van der Waals surface area (Å²) in [6.07, 6.45) is 4.73. The van der Waals surface area contributed by atoms with Crippen LogP contribution in [0, 0.1) is 0 Å². The van der Waals surface area contributed by atoms with Crippen molar-refractivity contribution in [3.05, 3.63) is 54.4 Å². The molecule has 1 aromatic heterocycles. The third-order valence-electron chi connectivity index (χ3n) is 5.46. The highest BCUT2D eigenvalue weighted by Gasteiger charge is 2.35. The molecule has 11 heteroatoms. The summed E-state index contributed by atoms with van der Waals surface area (Å²) in [5, 5.41) is 10.1. The average molecular weight is 534 g/mol. The monoisotopic (exact) mass is 533 g/mol. The number of thiocarbonyl (C=S) groups is 1. The van der Waals surface area contributed by atoms with Gasteiger partial charge in [-0.2, -0.15) is 0 Å². The highest BCUT2D eigenvalue weighted by molar-refractivity contribution is 8.30. The first-order chi connectivity index (χ1) is 16.3. The topological polar surface area (TPSA) is 82.8 Å². The van der Waals surface area contributed by atoms with Gasteiger partial charge in [0.2, 0.25) is 0 Å². The van der Waals surface area contributed by atoms with Gasteiger partial charge in [-0.15, -0.1) is 11.3 Å². The molecule has 0 atom stereocenters. The van der Waals surface area contributed by atoms with Crippen LogP contribution in [0.3, 0.4) is 0 Å². The van der Waals surface area contributed by atoms with Crippen LogP contribution >= 0.6 is 47.1 Å². The van der Waals surface area contributed by atoms with Crippen LogP contribution in [-0.4, -0.2) is 43.9 Å². The normalized spacial score (nSPS) is 19.0. The number of thiazole rings is 1. The molecule has 178 valence electrons. The fourth-order valence-corrected chi connectivity index (χ4v) is 7.38. The number of aromatic nitrogens is 1. The summed E-state index contributed by atoms with van der Waals surface area (Å²) >= 11 is 9.15. The number of nitrogens with zero attached hydrogens (tertiary/aromatic N) is 3. The van der Waals surface area contributed by atoms with E-state index in [2.05, 4.69) is 36.9 Å². The number of fused-ring (bicyclic) bond motifs is 1. The zero-order valence-corrected chi connectivity index (χ0v) is 22.1. The summed E-state index contributed by atoms with van der Waals surface area (Å²) in [4.78, 5) is 41.8. The van der Waals surface area contributed by atoms with Gasteiger partial charge < -0.3 is 10.0 Å². The quantitative estimate of drug-likeness (QED) is 0.568. The van der Waals surface area contributed by atoms with Gasteiger partial charge >= 0.3 is 5.97 Å². The molecular weight excluding hydrogens is 511 g/mol. The Morgan fingerprint density at radius 1 is 1.09 bits per heavy atom. The van der Waals surface area contributed by atoms with E-state index in [4.69, 9.17) is 17.3 Å². The number of carboxylic acids is 1. The SMILES string of the molecule is CCc1ccc2c(c1)N(CC)C(=CC=c1s/c(=C3\SC(=S)N(CC(=O)O)C3=O)n(CC)c1=O)S2. The van der Waals surface area contributed by atoms with Crippen LogP contribution < -0.4 is 19.7 Å². The third kappa shape index (κ3) is 4.49. The molecule has 0 spiro atoms. The van der Waals surface area contributed by atoms with E-state index in [1.807, 2.05) is 13.0 Å². The minimum Gasteiger partial charge on any atom is -0.480 e. The van der Waals surface area contributed by atoms with Gasteiger partial charge in [-0.3, -0.25) is 23.9 Å². The molecule has 0 saturated carbocycles. The summed E-state index contributed by atoms with van der Waals surface area (Å²) in [5.41, 5.74) is 2.28. The van der Waals surface area contributed by atoms with Gasteiger partial charge in [0, 0.05) is 18.0 Å². The Bertz CT molecular complexity index is 1410. The number of amides is 1. The van der Waals surface area contributed by atoms with Gasteiger partial charge in [0.05, 0.1) is 15.2 Å². The lowest BCUT2D eigenvalue weighted by Gasteiger charge is -2.18. The smallest absolute Gasteiger partial charge is 0.323 e. The number of rotatable bonds is 6. The Morgan fingerprint density at radius 2 is 1.85 bits per heavy atom. The number of anilines is 1. The van der Waals surface area contributed by atoms with Crippen molar-refractivity contribution in [3.63, 3.8) is 0 Å². The van der Waals surface area contributed by atoms with Crippen LogP contribution in [0.15, 0.2) is 39.0 Å². The van der Waals surface area contributed by atoms with Gasteiger partial charge in [-0.25, -0.2) is 0 Å². The van der Waals surface area contributed by atoms with Gasteiger partial charge in [0.1, 0.15) is 20.4 Å². The van der Waals surface area contributed by atoms with Crippen LogP contribution in [0.1, 0.15) is 26.3 Å². The molecule has 4 rings (SSSR count). The van der Waals surface area contributed by atoms with E-state index in [-0.39, 0.29) is 9.88 Å². The summed E-state index contributed by atoms with van der Waals surface area (Å²) in [7, 11) is 0. The Labute approximate surface area is 214 Å². The Morgan fingerprint density at radius 3 is 2.50 bits per heavy atom. The summed E-state index contributed by atoms with van der Waals surface area (Å²) in [6, 6.07) is 6.50. The van der Waals surface area contributed by atoms with E-state index in [1.165, 1.54) is 27.5 Å². The molecule has 7 nitrogen and oxygen atoms in total. The molecule has 0 aliphatic carbocycles. The van der Waals surface area contributed by atoms with E-state index >= 15 is 0 Å². The zero-order chi connectivity index (χ0) is 24.6. The van der Waals surface area contributed by atoms with Crippen molar-refractivity contribution in [2.75, 3.05) is 18.0 Å². The number of thioether (sulfide) groups is 2. The van der Waals surface area contributed by atoms with Crippen molar-refractivity contribution >= 4 is 79.9 Å². The molecule has 1 N–H and O–H groups in total. The van der Waals surface area contributed by atoms with Crippen LogP contribution in [0.25, 0.3) is 11.0 Å². The number of carbonyl (C=O) groups is 2. The van der Waals surface area contributed by atoms with Crippen molar-refractivity contribution in [1.29, 1.82) is 0 Å². The number of carbonyl (C=O) groups excluding carboxylic acids is 1. The van der Waals surface area contributed by atoms with E-state index in [0.29, 0.717) is 20.6 Å². The van der Waals surface area contributed by atoms with Crippen molar-refractivity contribution in [3.8, 4) is 0 Å². The van der Waals surface area contributed by atoms with Crippen molar-refractivity contribution in [2.24, 2.45) is 0 Å². The molecule has 0 radical (unpaired) electrons. The first-order valence-corrected chi connectivity index (χ1v) is 13.6. The summed E-state index contributed by atoms with van der Waals surface area (Å²) in [5.74, 6) is -1.62. The zero-order valence-electron chi connectivity index (χ0n) is 18.9. The second kappa shape index (κ2) is 10.1. The van der Waals surface area contributed by atoms with Crippen molar-refractivity contribution in [2.45, 2.75) is 38.6 Å². The number of allylic oxidation sites excluding steroid dienone is 1. The number of aliphatic carboxylic acids is 1. The summed E-state index contributed by atoms with van der Waals surface area (Å²) in [6.45, 7) is 6.77. The fraction of sp³-hybridized carbons (Fsp3) is 0.304. The highest BCUT2D eigenvalue weighted by atomic mass is 32.2. The standard InChI is InChI=1S/C23H23N3O4S4/c1-4-13-7-8-15-14(11-13)24(5-2)17(32-15)10-9-16-20(29)25(6-3)22(33-16)19-21(30)26(12-18(27)28)23(31)34-19/h7-11H,4-6,12H2,1-3H3,(H,27,28)/b16-9?,17-10?,22-19-. The molecule has 1 saturated heterocycles. The van der Waals surface area contributed by atoms with E-state index in [1.54, 1.807) is 22.4 Å². The predicted octanol–water partition coefficient (Wildman–Crippen LogP) is 2.80. The Kier molecular flexibility index (Phi) is 7.36. The Hall–Kier alpha value is -2.34. The molecule has 34 heavy (non-hydrogen) atoms. The van der Waals surface area contributed by atoms with E-state index in [9.17, 15) is 14.4 Å². The molecule has 2 aliphatic heterocycles. The average Bonchev–Trinajstić information content (AvgIpc) is 3.42. The van der Waals surface area contributed by atoms with Crippen LogP contribution in [-0.2, 0) is 22.6 Å². The summed E-state index contributed by atoms with van der Waals surface area (Å²) < 4.78 is 2.74. The Balaban J connectivity index is 1.77. The predicted molar refractivity (Wildman–Crippen MR) is 144 cm³/mol. The maximum Gasteiger partial charge on any atom is 0.323 e. The lowest BCUT2D eigenvalue weighted by Crippen LogP contribution is -2.35. The molecule has 2 aliphatic rings. The molecule has 0 bridgehead atoms. The van der Waals surface area contributed by atoms with E-state index in [0.717, 1.165) is 34.7 Å². The van der Waals surface area contributed by atoms with Crippen molar-refractivity contribution in [1.82, 2.24) is 9.47 Å². The fourth-order valence-electron chi connectivity index (χ4n) is 3.75. The lowest BCUT2D eigenvalue weighted by molar-refractivity contribution is -0.140. The number of aryl methyl sites for hydroxylation is 1. The maximum absolute atomic E-state index is 13.1. The molecule has 3 heterocycles. The van der Waals surface area contributed by atoms with Gasteiger partial charge in [-0.05, 0) is 50.1 Å². The number of carboxylic acid groups (broad SMARTS) is 1. The minimum atomic E-state index is -1.14. The number of hydrogen-bond donors (Lipinski definition) is 1. The first-order valence-electron chi connectivity index (χ1n) is 10.8. The highest BCUT2D eigenvalue weighted by Crippen LogP contribution is 2.46.